The minimum absolute atomic E-state index is 0.0614. The number of primary amides is 1. The lowest BCUT2D eigenvalue weighted by molar-refractivity contribution is 0.0951. The number of carbonyl (C=O) groups is 2. The minimum atomic E-state index is -1.05. The number of carbonyl (C=O) groups excluding carboxylic acids is 2. The molecule has 5 rings (SSSR count). The Morgan fingerprint density at radius 3 is 2.61 bits per heavy atom. The fourth-order valence-electron chi connectivity index (χ4n) is 4.50. The zero-order chi connectivity index (χ0) is 27.0. The van der Waals surface area contributed by atoms with E-state index in [-0.39, 0.29) is 22.6 Å². The number of nitrogens with two attached hydrogens (primary N) is 1. The average Bonchev–Trinajstić information content (AvgIpc) is 3.33. The molecule has 0 spiro atoms. The van der Waals surface area contributed by atoms with Gasteiger partial charge < -0.3 is 11.1 Å². The topological polar surface area (TPSA) is 102 Å². The van der Waals surface area contributed by atoms with E-state index in [1.165, 1.54) is 18.6 Å². The van der Waals surface area contributed by atoms with Gasteiger partial charge in [-0.05, 0) is 61.7 Å². The van der Waals surface area contributed by atoms with Gasteiger partial charge in [0.25, 0.3) is 0 Å². The average molecular weight is 510 g/mol. The van der Waals surface area contributed by atoms with Crippen LogP contribution in [0.15, 0.2) is 78.0 Å². The minimum Gasteiger partial charge on any atom is -0.366 e. The largest absolute Gasteiger partial charge is 0.366 e. The lowest BCUT2D eigenvalue weighted by Gasteiger charge is -2.22. The van der Waals surface area contributed by atoms with Gasteiger partial charge in [-0.15, -0.1) is 0 Å². The summed E-state index contributed by atoms with van der Waals surface area (Å²) >= 11 is 0. The van der Waals surface area contributed by atoms with Crippen molar-refractivity contribution in [2.45, 2.75) is 38.9 Å². The van der Waals surface area contributed by atoms with E-state index in [0.717, 1.165) is 16.7 Å². The van der Waals surface area contributed by atoms with E-state index >= 15 is 4.39 Å². The number of aromatic nitrogens is 2. The van der Waals surface area contributed by atoms with Gasteiger partial charge in [0.2, 0.25) is 11.7 Å². The lowest BCUT2D eigenvalue weighted by atomic mass is 9.93. The molecule has 192 valence electrons. The van der Waals surface area contributed by atoms with Crippen molar-refractivity contribution in [3.63, 3.8) is 0 Å². The Kier molecular flexibility index (Phi) is 6.50. The molecule has 1 aliphatic rings. The molecule has 1 atom stereocenters. The third-order valence-corrected chi connectivity index (χ3v) is 6.46. The van der Waals surface area contributed by atoms with Crippen molar-refractivity contribution in [3.8, 4) is 16.8 Å². The van der Waals surface area contributed by atoms with E-state index in [2.05, 4.69) is 36.1 Å². The number of fused-ring (bicyclic) bond motifs is 1. The summed E-state index contributed by atoms with van der Waals surface area (Å²) in [7, 11) is 0. The number of rotatable bonds is 6. The summed E-state index contributed by atoms with van der Waals surface area (Å²) in [5.74, 6) is -1.47. The molecule has 0 fully saturated rings. The van der Waals surface area contributed by atoms with Gasteiger partial charge in [0.1, 0.15) is 29.6 Å². The standard InChI is InChI=1S/C30H28FN5O2/c1-30(2,3)35-15-20-7-4-5-10-22(20)18-11-12-23(24(31)14-18)26-28(37)27-25(16-33-26)34-17-36(27)21-9-6-8-19(13-21)29(32)38/h4-14,16-17,26,35H,15H2,1-3H3,(H2,32,38). The number of benzene rings is 3. The predicted octanol–water partition coefficient (Wildman–Crippen LogP) is 5.02. The zero-order valence-electron chi connectivity index (χ0n) is 21.4. The van der Waals surface area contributed by atoms with Crippen LogP contribution in [-0.2, 0) is 6.54 Å². The Bertz CT molecular complexity index is 1580. The molecule has 7 nitrogen and oxygen atoms in total. The lowest BCUT2D eigenvalue weighted by Crippen LogP contribution is -2.35. The predicted molar refractivity (Wildman–Crippen MR) is 145 cm³/mol. The smallest absolute Gasteiger partial charge is 0.248 e. The summed E-state index contributed by atoms with van der Waals surface area (Å²) in [4.78, 5) is 33.9. The van der Waals surface area contributed by atoms with Crippen LogP contribution in [0.3, 0.4) is 0 Å². The van der Waals surface area contributed by atoms with Gasteiger partial charge in [0, 0.05) is 28.9 Å². The van der Waals surface area contributed by atoms with Crippen LogP contribution in [-0.4, -0.2) is 33.0 Å². The van der Waals surface area contributed by atoms with Crippen molar-refractivity contribution >= 4 is 17.9 Å². The molecule has 0 saturated heterocycles. The Hall–Kier alpha value is -4.43. The summed E-state index contributed by atoms with van der Waals surface area (Å²) in [6.07, 6.45) is 2.97. The highest BCUT2D eigenvalue weighted by atomic mass is 19.1. The molecule has 0 aliphatic carbocycles. The number of hydrogen-bond donors (Lipinski definition) is 2. The zero-order valence-corrected chi connectivity index (χ0v) is 21.4. The molecule has 0 radical (unpaired) electrons. The molecule has 4 aromatic rings. The molecule has 1 unspecified atom stereocenters. The Labute approximate surface area is 220 Å². The molecular formula is C30H28FN5O2. The van der Waals surface area contributed by atoms with Crippen LogP contribution in [0.5, 0.6) is 0 Å². The molecule has 1 aliphatic heterocycles. The third kappa shape index (κ3) is 4.90. The molecule has 8 heteroatoms. The normalized spacial score (nSPS) is 14.9. The van der Waals surface area contributed by atoms with Crippen molar-refractivity contribution in [2.24, 2.45) is 10.7 Å². The van der Waals surface area contributed by atoms with Crippen LogP contribution < -0.4 is 11.1 Å². The maximum atomic E-state index is 15.6. The van der Waals surface area contributed by atoms with Crippen LogP contribution in [0.25, 0.3) is 16.8 Å². The Morgan fingerprint density at radius 2 is 1.87 bits per heavy atom. The summed E-state index contributed by atoms with van der Waals surface area (Å²) < 4.78 is 17.1. The Morgan fingerprint density at radius 1 is 1.08 bits per heavy atom. The number of amides is 1. The second-order valence-corrected chi connectivity index (χ2v) is 10.3. The number of nitrogens with one attached hydrogen (secondary N) is 1. The summed E-state index contributed by atoms with van der Waals surface area (Å²) in [6, 6.07) is 18.3. The van der Waals surface area contributed by atoms with E-state index in [1.807, 2.05) is 30.3 Å². The van der Waals surface area contributed by atoms with Gasteiger partial charge in [-0.3, -0.25) is 19.1 Å². The second kappa shape index (κ2) is 9.79. The van der Waals surface area contributed by atoms with E-state index < -0.39 is 17.8 Å². The second-order valence-electron chi connectivity index (χ2n) is 10.3. The molecule has 1 amide bonds. The van der Waals surface area contributed by atoms with Crippen LogP contribution in [0, 0.1) is 5.82 Å². The fraction of sp³-hybridized carbons (Fsp3) is 0.200. The first-order chi connectivity index (χ1) is 18.1. The molecule has 38 heavy (non-hydrogen) atoms. The number of ketones is 1. The van der Waals surface area contributed by atoms with Crippen molar-refractivity contribution in [1.29, 1.82) is 0 Å². The van der Waals surface area contributed by atoms with Crippen LogP contribution in [0.1, 0.15) is 64.5 Å². The van der Waals surface area contributed by atoms with Gasteiger partial charge in [-0.2, -0.15) is 0 Å². The molecule has 0 bridgehead atoms. The summed E-state index contributed by atoms with van der Waals surface area (Å²) in [5, 5.41) is 3.48. The van der Waals surface area contributed by atoms with Gasteiger partial charge >= 0.3 is 0 Å². The first kappa shape index (κ1) is 25.2. The van der Waals surface area contributed by atoms with Crippen molar-refractivity contribution in [3.05, 3.63) is 107 Å². The first-order valence-corrected chi connectivity index (χ1v) is 12.3. The molecule has 0 saturated carbocycles. The Balaban J connectivity index is 1.47. The van der Waals surface area contributed by atoms with Gasteiger partial charge in [-0.1, -0.05) is 42.5 Å². The van der Waals surface area contributed by atoms with E-state index in [4.69, 9.17) is 5.73 Å². The number of imidazole rings is 1. The highest BCUT2D eigenvalue weighted by Gasteiger charge is 2.32. The summed E-state index contributed by atoms with van der Waals surface area (Å²) in [6.45, 7) is 6.92. The van der Waals surface area contributed by atoms with Crippen LogP contribution in [0.4, 0.5) is 4.39 Å². The summed E-state index contributed by atoms with van der Waals surface area (Å²) in [5.41, 5.74) is 9.74. The van der Waals surface area contributed by atoms with Gasteiger partial charge in [0.15, 0.2) is 0 Å². The van der Waals surface area contributed by atoms with Crippen molar-refractivity contribution in [2.75, 3.05) is 0 Å². The fourth-order valence-corrected chi connectivity index (χ4v) is 4.50. The first-order valence-electron chi connectivity index (χ1n) is 12.3. The number of aliphatic imine (C=N–C) groups is 1. The maximum absolute atomic E-state index is 15.6. The molecule has 3 N–H and O–H groups in total. The van der Waals surface area contributed by atoms with Crippen molar-refractivity contribution < 1.29 is 14.0 Å². The molecule has 3 aromatic carbocycles. The SMILES string of the molecule is CC(C)(C)NCc1ccccc1-c1ccc(C2N=Cc3ncn(-c4cccc(C(N)=O)c4)c3C2=O)c(F)c1. The quantitative estimate of drug-likeness (QED) is 0.381. The molecular weight excluding hydrogens is 481 g/mol. The van der Waals surface area contributed by atoms with E-state index in [9.17, 15) is 9.59 Å². The van der Waals surface area contributed by atoms with Crippen LogP contribution in [0.2, 0.25) is 0 Å². The maximum Gasteiger partial charge on any atom is 0.248 e. The van der Waals surface area contributed by atoms with Gasteiger partial charge in [0.05, 0.1) is 6.21 Å². The van der Waals surface area contributed by atoms with Crippen LogP contribution >= 0.6 is 0 Å². The monoisotopic (exact) mass is 509 g/mol. The third-order valence-electron chi connectivity index (χ3n) is 6.46. The molecule has 2 heterocycles. The number of nitrogens with zero attached hydrogens (tertiary/aromatic N) is 3. The van der Waals surface area contributed by atoms with E-state index in [1.54, 1.807) is 34.9 Å². The number of Topliss-reactive ketones (excluding diaryl/α,β-unsaturated/α-hetero) is 1. The van der Waals surface area contributed by atoms with Gasteiger partial charge in [-0.25, -0.2) is 9.37 Å². The highest BCUT2D eigenvalue weighted by Crippen LogP contribution is 2.33. The number of halogens is 1. The van der Waals surface area contributed by atoms with E-state index in [0.29, 0.717) is 23.5 Å². The van der Waals surface area contributed by atoms with Crippen molar-refractivity contribution in [1.82, 2.24) is 14.9 Å². The molecule has 1 aromatic heterocycles. The highest BCUT2D eigenvalue weighted by molar-refractivity contribution is 6.09. The number of hydrogen-bond acceptors (Lipinski definition) is 5.